The second-order valence-corrected chi connectivity index (χ2v) is 5.33. The minimum absolute atomic E-state index is 0.152. The van der Waals surface area contributed by atoms with Crippen molar-refractivity contribution in [2.75, 3.05) is 0 Å². The summed E-state index contributed by atoms with van der Waals surface area (Å²) in [6, 6.07) is 7.03. The van der Waals surface area contributed by atoms with Crippen LogP contribution < -0.4 is 0 Å². The van der Waals surface area contributed by atoms with Crippen LogP contribution in [0.25, 0.3) is 10.9 Å². The summed E-state index contributed by atoms with van der Waals surface area (Å²) in [6.07, 6.45) is 11.3. The van der Waals surface area contributed by atoms with Gasteiger partial charge in [0, 0.05) is 23.6 Å². The summed E-state index contributed by atoms with van der Waals surface area (Å²) in [4.78, 5) is 0. The topological polar surface area (TPSA) is 4.93 Å². The number of hydrogen-bond donors (Lipinski definition) is 0. The van der Waals surface area contributed by atoms with Gasteiger partial charge in [0.05, 0.1) is 0 Å². The van der Waals surface area contributed by atoms with Gasteiger partial charge in [-0.15, -0.1) is 0 Å². The van der Waals surface area contributed by atoms with Crippen molar-refractivity contribution in [3.8, 4) is 0 Å². The minimum Gasteiger partial charge on any atom is -0.347 e. The maximum Gasteiger partial charge on any atom is 0.123 e. The molecule has 0 bridgehead atoms. The molecule has 104 valence electrons. The third-order valence-corrected chi connectivity index (χ3v) is 3.74. The van der Waals surface area contributed by atoms with Crippen LogP contribution in [0, 0.1) is 5.82 Å². The molecule has 0 unspecified atom stereocenters. The molecule has 0 N–H and O–H groups in total. The van der Waals surface area contributed by atoms with E-state index in [-0.39, 0.29) is 5.82 Å². The highest BCUT2D eigenvalue weighted by Gasteiger charge is 2.01. The quantitative estimate of drug-likeness (QED) is 0.550. The number of fused-ring (bicyclic) bond motifs is 1. The summed E-state index contributed by atoms with van der Waals surface area (Å²) in [5, 5.41) is 1.00. The van der Waals surface area contributed by atoms with Crippen LogP contribution in [-0.4, -0.2) is 4.57 Å². The van der Waals surface area contributed by atoms with Crippen molar-refractivity contribution in [3.63, 3.8) is 0 Å². The first-order valence-electron chi connectivity index (χ1n) is 7.55. The van der Waals surface area contributed by atoms with E-state index in [1.807, 2.05) is 12.1 Å². The molecule has 2 heteroatoms. The van der Waals surface area contributed by atoms with Gasteiger partial charge in [-0.25, -0.2) is 4.39 Å². The SMILES string of the molecule is CCCCCCCCCn1ccc2cc(F)ccc21. The molecule has 1 heterocycles. The first-order valence-corrected chi connectivity index (χ1v) is 7.55. The lowest BCUT2D eigenvalue weighted by Gasteiger charge is -2.05. The Balaban J connectivity index is 1.76. The maximum atomic E-state index is 13.1. The minimum atomic E-state index is -0.152. The fourth-order valence-corrected chi connectivity index (χ4v) is 2.61. The zero-order chi connectivity index (χ0) is 13.5. The molecule has 0 saturated carbocycles. The Kier molecular flexibility index (Phi) is 5.44. The number of aromatic nitrogens is 1. The molecule has 1 aromatic heterocycles. The van der Waals surface area contributed by atoms with Crippen LogP contribution in [-0.2, 0) is 6.54 Å². The monoisotopic (exact) mass is 261 g/mol. The van der Waals surface area contributed by atoms with Gasteiger partial charge in [-0.05, 0) is 30.7 Å². The maximum absolute atomic E-state index is 13.1. The Morgan fingerprint density at radius 1 is 0.947 bits per heavy atom. The van der Waals surface area contributed by atoms with Crippen molar-refractivity contribution in [2.24, 2.45) is 0 Å². The van der Waals surface area contributed by atoms with Gasteiger partial charge < -0.3 is 4.57 Å². The van der Waals surface area contributed by atoms with E-state index < -0.39 is 0 Å². The van der Waals surface area contributed by atoms with Gasteiger partial charge in [-0.3, -0.25) is 0 Å². The highest BCUT2D eigenvalue weighted by molar-refractivity contribution is 5.80. The van der Waals surface area contributed by atoms with Crippen molar-refractivity contribution in [2.45, 2.75) is 58.4 Å². The number of benzene rings is 1. The molecule has 2 rings (SSSR count). The van der Waals surface area contributed by atoms with Crippen molar-refractivity contribution in [3.05, 3.63) is 36.3 Å². The van der Waals surface area contributed by atoms with E-state index in [0.29, 0.717) is 0 Å². The van der Waals surface area contributed by atoms with E-state index in [4.69, 9.17) is 0 Å². The van der Waals surface area contributed by atoms with E-state index in [1.165, 1.54) is 44.9 Å². The lowest BCUT2D eigenvalue weighted by atomic mass is 10.1. The Labute approximate surface area is 115 Å². The molecule has 0 saturated heterocycles. The van der Waals surface area contributed by atoms with Gasteiger partial charge in [-0.1, -0.05) is 45.4 Å². The molecule has 2 aromatic rings. The lowest BCUT2D eigenvalue weighted by Crippen LogP contribution is -1.96. The summed E-state index contributed by atoms with van der Waals surface area (Å²) in [7, 11) is 0. The van der Waals surface area contributed by atoms with Gasteiger partial charge in [0.25, 0.3) is 0 Å². The van der Waals surface area contributed by atoms with Gasteiger partial charge in [0.15, 0.2) is 0 Å². The number of rotatable bonds is 8. The Morgan fingerprint density at radius 2 is 1.68 bits per heavy atom. The Bertz CT molecular complexity index is 501. The molecule has 0 aliphatic rings. The molecule has 0 spiro atoms. The number of nitrogens with zero attached hydrogens (tertiary/aromatic N) is 1. The van der Waals surface area contributed by atoms with Crippen LogP contribution in [0.2, 0.25) is 0 Å². The van der Waals surface area contributed by atoms with Crippen LogP contribution in [0.5, 0.6) is 0 Å². The van der Waals surface area contributed by atoms with Gasteiger partial charge in [-0.2, -0.15) is 0 Å². The molecule has 0 amide bonds. The van der Waals surface area contributed by atoms with E-state index in [1.54, 1.807) is 12.1 Å². The van der Waals surface area contributed by atoms with Gasteiger partial charge >= 0.3 is 0 Å². The molecule has 0 aliphatic heterocycles. The van der Waals surface area contributed by atoms with Crippen LogP contribution >= 0.6 is 0 Å². The third kappa shape index (κ3) is 4.09. The fourth-order valence-electron chi connectivity index (χ4n) is 2.61. The number of unbranched alkanes of at least 4 members (excludes halogenated alkanes) is 6. The summed E-state index contributed by atoms with van der Waals surface area (Å²) in [5.74, 6) is -0.152. The first-order chi connectivity index (χ1) is 9.31. The van der Waals surface area contributed by atoms with E-state index in [9.17, 15) is 4.39 Å². The summed E-state index contributed by atoms with van der Waals surface area (Å²) in [5.41, 5.74) is 1.15. The molecule has 19 heavy (non-hydrogen) atoms. The third-order valence-electron chi connectivity index (χ3n) is 3.74. The second-order valence-electron chi connectivity index (χ2n) is 5.33. The molecular formula is C17H24FN. The zero-order valence-corrected chi connectivity index (χ0v) is 11.9. The fraction of sp³-hybridized carbons (Fsp3) is 0.529. The smallest absolute Gasteiger partial charge is 0.123 e. The van der Waals surface area contributed by atoms with Crippen LogP contribution in [0.15, 0.2) is 30.5 Å². The summed E-state index contributed by atoms with van der Waals surface area (Å²) < 4.78 is 15.3. The Morgan fingerprint density at radius 3 is 2.47 bits per heavy atom. The van der Waals surface area contributed by atoms with Crippen LogP contribution in [0.4, 0.5) is 4.39 Å². The van der Waals surface area contributed by atoms with E-state index in [0.717, 1.165) is 17.4 Å². The Hall–Kier alpha value is -1.31. The average Bonchev–Trinajstić information content (AvgIpc) is 2.80. The molecule has 0 atom stereocenters. The number of halogens is 1. The highest BCUT2D eigenvalue weighted by Crippen LogP contribution is 2.18. The number of aryl methyl sites for hydroxylation is 1. The van der Waals surface area contributed by atoms with Gasteiger partial charge in [0.1, 0.15) is 5.82 Å². The molecule has 0 radical (unpaired) electrons. The largest absolute Gasteiger partial charge is 0.347 e. The zero-order valence-electron chi connectivity index (χ0n) is 11.9. The second kappa shape index (κ2) is 7.32. The molecule has 0 fully saturated rings. The lowest BCUT2D eigenvalue weighted by molar-refractivity contribution is 0.556. The van der Waals surface area contributed by atoms with Crippen molar-refractivity contribution in [1.29, 1.82) is 0 Å². The molecule has 1 nitrogen and oxygen atoms in total. The van der Waals surface area contributed by atoms with Crippen LogP contribution in [0.3, 0.4) is 0 Å². The molecular weight excluding hydrogens is 237 g/mol. The summed E-state index contributed by atoms with van der Waals surface area (Å²) >= 11 is 0. The standard InChI is InChI=1S/C17H24FN/c1-2-3-4-5-6-7-8-12-19-13-11-15-14-16(18)9-10-17(15)19/h9-11,13-14H,2-8,12H2,1H3. The predicted octanol–water partition coefficient (Wildman–Crippen LogP) is 5.53. The molecule has 1 aromatic carbocycles. The molecule has 0 aliphatic carbocycles. The number of hydrogen-bond acceptors (Lipinski definition) is 0. The first kappa shape index (κ1) is 14.1. The van der Waals surface area contributed by atoms with E-state index >= 15 is 0 Å². The summed E-state index contributed by atoms with van der Waals surface area (Å²) in [6.45, 7) is 3.29. The normalized spacial score (nSPS) is 11.3. The van der Waals surface area contributed by atoms with Crippen LogP contribution in [0.1, 0.15) is 51.9 Å². The average molecular weight is 261 g/mol. The van der Waals surface area contributed by atoms with Gasteiger partial charge in [0.2, 0.25) is 0 Å². The van der Waals surface area contributed by atoms with Crippen molar-refractivity contribution >= 4 is 10.9 Å². The van der Waals surface area contributed by atoms with Crippen molar-refractivity contribution < 1.29 is 4.39 Å². The predicted molar refractivity (Wildman–Crippen MR) is 79.9 cm³/mol. The highest BCUT2D eigenvalue weighted by atomic mass is 19.1. The van der Waals surface area contributed by atoms with Crippen molar-refractivity contribution in [1.82, 2.24) is 4.57 Å². The van der Waals surface area contributed by atoms with E-state index in [2.05, 4.69) is 17.7 Å².